The summed E-state index contributed by atoms with van der Waals surface area (Å²) in [6.07, 6.45) is 0.757. The molecule has 2 aromatic carbocycles. The number of rotatable bonds is 3. The van der Waals surface area contributed by atoms with Gasteiger partial charge in [-0.15, -0.1) is 0 Å². The molecule has 0 aliphatic rings. The number of nitrogens with one attached hydrogen (secondary N) is 1. The Bertz CT molecular complexity index is 1230. The Balaban J connectivity index is 1.56. The number of benzene rings is 2. The molecule has 0 bridgehead atoms. The minimum atomic E-state index is -0.654. The maximum atomic E-state index is 13.4. The molecule has 1 N–H and O–H groups in total. The van der Waals surface area contributed by atoms with Crippen LogP contribution in [0.1, 0.15) is 17.0 Å². The molecular formula is C22H19FN4O2. The zero-order valence-electron chi connectivity index (χ0n) is 16.2. The van der Waals surface area contributed by atoms with E-state index in [2.05, 4.69) is 15.4 Å². The van der Waals surface area contributed by atoms with Gasteiger partial charge in [0.05, 0.1) is 17.4 Å². The predicted octanol–water partition coefficient (Wildman–Crippen LogP) is 4.91. The molecule has 0 aliphatic heterocycles. The Morgan fingerprint density at radius 3 is 2.66 bits per heavy atom. The van der Waals surface area contributed by atoms with E-state index in [1.165, 1.54) is 18.3 Å². The van der Waals surface area contributed by atoms with Crippen LogP contribution < -0.4 is 10.2 Å². The van der Waals surface area contributed by atoms with Crippen molar-refractivity contribution >= 4 is 17.0 Å². The number of halogens is 1. The first-order chi connectivity index (χ1) is 13.9. The van der Waals surface area contributed by atoms with Gasteiger partial charge < -0.3 is 4.74 Å². The van der Waals surface area contributed by atoms with Crippen LogP contribution in [0.4, 0.5) is 9.18 Å². The zero-order valence-corrected chi connectivity index (χ0v) is 16.2. The molecule has 146 valence electrons. The third-order valence-electron chi connectivity index (χ3n) is 4.85. The van der Waals surface area contributed by atoms with Crippen LogP contribution in [0, 0.1) is 26.6 Å². The molecule has 1 amide bonds. The monoisotopic (exact) mass is 390 g/mol. The van der Waals surface area contributed by atoms with Gasteiger partial charge in [-0.3, -0.25) is 4.68 Å². The van der Waals surface area contributed by atoms with E-state index in [4.69, 9.17) is 4.74 Å². The van der Waals surface area contributed by atoms with Crippen molar-refractivity contribution in [2.75, 3.05) is 5.43 Å². The van der Waals surface area contributed by atoms with E-state index in [1.54, 1.807) is 23.7 Å². The summed E-state index contributed by atoms with van der Waals surface area (Å²) in [5.74, 6) is 0.221. The van der Waals surface area contributed by atoms with Gasteiger partial charge in [-0.25, -0.2) is 24.6 Å². The molecule has 0 radical (unpaired) electrons. The van der Waals surface area contributed by atoms with Crippen molar-refractivity contribution in [1.29, 1.82) is 0 Å². The summed E-state index contributed by atoms with van der Waals surface area (Å²) in [5, 5.41) is 1.06. The van der Waals surface area contributed by atoms with E-state index in [-0.39, 0.29) is 11.6 Å². The summed E-state index contributed by atoms with van der Waals surface area (Å²) in [5.41, 5.74) is 6.66. The van der Waals surface area contributed by atoms with Gasteiger partial charge in [0.15, 0.2) is 11.6 Å². The smallest absolute Gasteiger partial charge is 0.406 e. The lowest BCUT2D eigenvalue weighted by Gasteiger charge is -2.12. The van der Waals surface area contributed by atoms with Crippen molar-refractivity contribution in [2.45, 2.75) is 20.8 Å². The normalized spacial score (nSPS) is 10.9. The summed E-state index contributed by atoms with van der Waals surface area (Å²) in [7, 11) is 0. The fourth-order valence-corrected chi connectivity index (χ4v) is 3.21. The summed E-state index contributed by atoms with van der Waals surface area (Å²) >= 11 is 0. The Kier molecular flexibility index (Phi) is 4.72. The van der Waals surface area contributed by atoms with Crippen LogP contribution in [-0.2, 0) is 0 Å². The van der Waals surface area contributed by atoms with E-state index in [9.17, 15) is 9.18 Å². The van der Waals surface area contributed by atoms with Crippen LogP contribution in [0.3, 0.4) is 0 Å². The van der Waals surface area contributed by atoms with Gasteiger partial charge in [-0.1, -0.05) is 30.3 Å². The van der Waals surface area contributed by atoms with E-state index < -0.39 is 6.09 Å². The van der Waals surface area contributed by atoms with Gasteiger partial charge in [0.25, 0.3) is 0 Å². The molecule has 2 aromatic heterocycles. The Morgan fingerprint density at radius 2 is 1.90 bits per heavy atom. The first-order valence-corrected chi connectivity index (χ1v) is 9.09. The van der Waals surface area contributed by atoms with Gasteiger partial charge in [0, 0.05) is 16.6 Å². The third-order valence-corrected chi connectivity index (χ3v) is 4.85. The van der Waals surface area contributed by atoms with Crippen molar-refractivity contribution in [2.24, 2.45) is 0 Å². The molecule has 4 aromatic rings. The number of ether oxygens (including phenoxy) is 1. The standard InChI is InChI=1S/C22H19FN4O2/c1-13-15(3)27(19-10-5-4-9-18(13)19)26-22(28)29-20-12-24-21(25-14(20)2)16-7-6-8-17(23)11-16/h4-12H,1-3H3,(H,26,28). The summed E-state index contributed by atoms with van der Waals surface area (Å²) < 4.78 is 20.5. The number of aromatic nitrogens is 3. The molecule has 0 spiro atoms. The second-order valence-corrected chi connectivity index (χ2v) is 6.72. The van der Waals surface area contributed by atoms with Crippen LogP contribution in [0.2, 0.25) is 0 Å². The average Bonchev–Trinajstić information content (AvgIpc) is 2.95. The van der Waals surface area contributed by atoms with Crippen LogP contribution >= 0.6 is 0 Å². The molecule has 0 aliphatic carbocycles. The number of nitrogens with zero attached hydrogens (tertiary/aromatic N) is 3. The number of fused-ring (bicyclic) bond motifs is 1. The fraction of sp³-hybridized carbons (Fsp3) is 0.136. The van der Waals surface area contributed by atoms with Crippen LogP contribution in [0.5, 0.6) is 5.75 Å². The third kappa shape index (κ3) is 3.54. The van der Waals surface area contributed by atoms with Gasteiger partial charge in [0.1, 0.15) is 5.82 Å². The Labute approximate surface area is 167 Å². The zero-order chi connectivity index (χ0) is 20.5. The Hall–Kier alpha value is -3.74. The molecular weight excluding hydrogens is 371 g/mol. The number of hydrogen-bond donors (Lipinski definition) is 1. The number of hydrogen-bond acceptors (Lipinski definition) is 4. The molecule has 2 heterocycles. The summed E-state index contributed by atoms with van der Waals surface area (Å²) in [6, 6.07) is 13.8. The maximum absolute atomic E-state index is 13.4. The minimum absolute atomic E-state index is 0.230. The van der Waals surface area contributed by atoms with Crippen molar-refractivity contribution in [1.82, 2.24) is 14.6 Å². The van der Waals surface area contributed by atoms with Gasteiger partial charge in [0.2, 0.25) is 0 Å². The topological polar surface area (TPSA) is 69.0 Å². The largest absolute Gasteiger partial charge is 0.432 e. The van der Waals surface area contributed by atoms with Crippen molar-refractivity contribution in [3.8, 4) is 17.1 Å². The molecule has 7 heteroatoms. The highest BCUT2D eigenvalue weighted by Crippen LogP contribution is 2.24. The molecule has 29 heavy (non-hydrogen) atoms. The molecule has 6 nitrogen and oxygen atoms in total. The quantitative estimate of drug-likeness (QED) is 0.540. The first-order valence-electron chi connectivity index (χ1n) is 9.09. The first kappa shape index (κ1) is 18.6. The van der Waals surface area contributed by atoms with Crippen LogP contribution in [0.25, 0.3) is 22.3 Å². The van der Waals surface area contributed by atoms with Crippen molar-refractivity contribution < 1.29 is 13.9 Å². The second-order valence-electron chi connectivity index (χ2n) is 6.72. The highest BCUT2D eigenvalue weighted by Gasteiger charge is 2.15. The number of aryl methyl sites for hydroxylation is 2. The van der Waals surface area contributed by atoms with E-state index in [0.717, 1.165) is 22.2 Å². The molecule has 0 saturated carbocycles. The van der Waals surface area contributed by atoms with Gasteiger partial charge in [-0.2, -0.15) is 0 Å². The number of amides is 1. The second kappa shape index (κ2) is 7.35. The fourth-order valence-electron chi connectivity index (χ4n) is 3.21. The number of para-hydroxylation sites is 1. The predicted molar refractivity (Wildman–Crippen MR) is 109 cm³/mol. The summed E-state index contributed by atoms with van der Waals surface area (Å²) in [4.78, 5) is 21.0. The van der Waals surface area contributed by atoms with Crippen molar-refractivity contribution in [3.05, 3.63) is 77.5 Å². The highest BCUT2D eigenvalue weighted by atomic mass is 19.1. The SMILES string of the molecule is Cc1nc(-c2cccc(F)c2)ncc1OC(=O)Nn1c(C)c(C)c2ccccc21. The summed E-state index contributed by atoms with van der Waals surface area (Å²) in [6.45, 7) is 5.63. The lowest BCUT2D eigenvalue weighted by molar-refractivity contribution is 0.211. The molecule has 0 saturated heterocycles. The number of carbonyl (C=O) groups is 1. The highest BCUT2D eigenvalue weighted by molar-refractivity contribution is 5.88. The molecule has 0 unspecified atom stereocenters. The van der Waals surface area contributed by atoms with E-state index in [0.29, 0.717) is 17.1 Å². The Morgan fingerprint density at radius 1 is 1.10 bits per heavy atom. The molecule has 0 atom stereocenters. The minimum Gasteiger partial charge on any atom is -0.406 e. The average molecular weight is 390 g/mol. The van der Waals surface area contributed by atoms with Gasteiger partial charge >= 0.3 is 6.09 Å². The lowest BCUT2D eigenvalue weighted by Crippen LogP contribution is -2.27. The van der Waals surface area contributed by atoms with Crippen molar-refractivity contribution in [3.63, 3.8) is 0 Å². The van der Waals surface area contributed by atoms with Crippen LogP contribution in [-0.4, -0.2) is 20.7 Å². The van der Waals surface area contributed by atoms with E-state index >= 15 is 0 Å². The van der Waals surface area contributed by atoms with Gasteiger partial charge in [-0.05, 0) is 44.5 Å². The molecule has 4 rings (SSSR count). The molecule has 0 fully saturated rings. The van der Waals surface area contributed by atoms with E-state index in [1.807, 2.05) is 38.1 Å². The lowest BCUT2D eigenvalue weighted by atomic mass is 10.2. The van der Waals surface area contributed by atoms with Crippen LogP contribution in [0.15, 0.2) is 54.7 Å². The number of carbonyl (C=O) groups excluding carboxylic acids is 1. The maximum Gasteiger partial charge on any atom is 0.432 e.